The number of ether oxygens (including phenoxy) is 3. The van der Waals surface area contributed by atoms with Gasteiger partial charge in [0.25, 0.3) is 5.91 Å². The van der Waals surface area contributed by atoms with Crippen molar-refractivity contribution in [1.82, 2.24) is 0 Å². The minimum Gasteiger partial charge on any atom is -0.497 e. The van der Waals surface area contributed by atoms with E-state index in [0.29, 0.717) is 27.6 Å². The molecule has 3 rings (SSSR count). The summed E-state index contributed by atoms with van der Waals surface area (Å²) in [7, 11) is 2.91. The van der Waals surface area contributed by atoms with Gasteiger partial charge in [-0.15, -0.1) is 11.3 Å². The highest BCUT2D eigenvalue weighted by Gasteiger charge is 2.22. The van der Waals surface area contributed by atoms with Crippen LogP contribution in [0.1, 0.15) is 41.3 Å². The average molecular weight is 454 g/mol. The highest BCUT2D eigenvalue weighted by Crippen LogP contribution is 2.37. The number of carbonyl (C=O) groups excluding carboxylic acids is 2. The Morgan fingerprint density at radius 3 is 2.41 bits per heavy atom. The Morgan fingerprint density at radius 1 is 1.06 bits per heavy atom. The van der Waals surface area contributed by atoms with E-state index >= 15 is 0 Å². The summed E-state index contributed by atoms with van der Waals surface area (Å²) in [6, 6.07) is 13.3. The average Bonchev–Trinajstić information content (AvgIpc) is 3.20. The standard InChI is InChI=1S/C25H27NO5S/c1-15(2)19-11-6-16(3)12-21(19)31-13-22(27)26-24-23(25(28)30-5)20(14-32-24)17-7-9-18(29-4)10-8-17/h6-12,14-15H,13H2,1-5H3,(H,26,27). The number of benzene rings is 2. The van der Waals surface area contributed by atoms with Crippen LogP contribution in [0, 0.1) is 6.92 Å². The molecule has 1 amide bonds. The first-order valence-corrected chi connectivity index (χ1v) is 11.1. The van der Waals surface area contributed by atoms with Crippen molar-refractivity contribution in [2.75, 3.05) is 26.1 Å². The van der Waals surface area contributed by atoms with Crippen molar-refractivity contribution in [2.45, 2.75) is 26.7 Å². The van der Waals surface area contributed by atoms with Gasteiger partial charge in [0, 0.05) is 10.9 Å². The summed E-state index contributed by atoms with van der Waals surface area (Å²) >= 11 is 1.27. The predicted octanol–water partition coefficient (Wildman–Crippen LogP) is 5.66. The third-order valence-electron chi connectivity index (χ3n) is 4.98. The normalized spacial score (nSPS) is 10.7. The molecule has 6 nitrogen and oxygen atoms in total. The molecule has 168 valence electrons. The van der Waals surface area contributed by atoms with E-state index < -0.39 is 5.97 Å². The Balaban J connectivity index is 1.80. The zero-order valence-corrected chi connectivity index (χ0v) is 19.7. The molecule has 0 radical (unpaired) electrons. The number of carbonyl (C=O) groups is 2. The predicted molar refractivity (Wildman–Crippen MR) is 127 cm³/mol. The minimum atomic E-state index is -0.519. The van der Waals surface area contributed by atoms with E-state index in [1.807, 2.05) is 54.8 Å². The summed E-state index contributed by atoms with van der Waals surface area (Å²) in [5.74, 6) is 0.798. The van der Waals surface area contributed by atoms with Crippen LogP contribution in [0.15, 0.2) is 47.8 Å². The molecule has 7 heteroatoms. The molecule has 0 bridgehead atoms. The van der Waals surface area contributed by atoms with Crippen molar-refractivity contribution in [3.63, 3.8) is 0 Å². The largest absolute Gasteiger partial charge is 0.497 e. The number of amides is 1. The quantitative estimate of drug-likeness (QED) is 0.446. The lowest BCUT2D eigenvalue weighted by Crippen LogP contribution is -2.21. The first-order valence-electron chi connectivity index (χ1n) is 10.2. The van der Waals surface area contributed by atoms with Crippen molar-refractivity contribution >= 4 is 28.2 Å². The lowest BCUT2D eigenvalue weighted by molar-refractivity contribution is -0.118. The van der Waals surface area contributed by atoms with Crippen LogP contribution in [0.5, 0.6) is 11.5 Å². The molecule has 0 aliphatic heterocycles. The number of anilines is 1. The zero-order valence-electron chi connectivity index (χ0n) is 18.9. The summed E-state index contributed by atoms with van der Waals surface area (Å²) < 4.78 is 16.0. The summed E-state index contributed by atoms with van der Waals surface area (Å²) in [6.07, 6.45) is 0. The van der Waals surface area contributed by atoms with Gasteiger partial charge in [-0.1, -0.05) is 38.1 Å². The molecule has 3 aromatic rings. The maximum Gasteiger partial charge on any atom is 0.341 e. The molecule has 1 N–H and O–H groups in total. The third kappa shape index (κ3) is 5.29. The molecule has 0 saturated heterocycles. The minimum absolute atomic E-state index is 0.167. The van der Waals surface area contributed by atoms with Crippen LogP contribution in [0.3, 0.4) is 0 Å². The van der Waals surface area contributed by atoms with Crippen LogP contribution in [0.4, 0.5) is 5.00 Å². The fourth-order valence-corrected chi connectivity index (χ4v) is 4.26. The molecule has 0 unspecified atom stereocenters. The molecule has 0 spiro atoms. The second-order valence-electron chi connectivity index (χ2n) is 7.61. The molecule has 1 heterocycles. The van der Waals surface area contributed by atoms with Gasteiger partial charge in [-0.25, -0.2) is 4.79 Å². The first-order chi connectivity index (χ1) is 15.3. The lowest BCUT2D eigenvalue weighted by Gasteiger charge is -2.15. The lowest BCUT2D eigenvalue weighted by atomic mass is 10.0. The molecule has 0 saturated carbocycles. The number of esters is 1. The maximum absolute atomic E-state index is 12.6. The highest BCUT2D eigenvalue weighted by atomic mass is 32.1. The van der Waals surface area contributed by atoms with Crippen LogP contribution in [-0.2, 0) is 9.53 Å². The Bertz CT molecular complexity index is 1100. The van der Waals surface area contributed by atoms with Crippen molar-refractivity contribution in [1.29, 1.82) is 0 Å². The van der Waals surface area contributed by atoms with E-state index in [1.54, 1.807) is 7.11 Å². The van der Waals surface area contributed by atoms with Gasteiger partial charge in [0.1, 0.15) is 22.1 Å². The molecule has 2 aromatic carbocycles. The second kappa shape index (κ2) is 10.3. The number of thiophene rings is 1. The Kier molecular flexibility index (Phi) is 7.53. The molecule has 1 aromatic heterocycles. The fraction of sp³-hybridized carbons (Fsp3) is 0.280. The van der Waals surface area contributed by atoms with Gasteiger partial charge in [0.15, 0.2) is 6.61 Å². The van der Waals surface area contributed by atoms with Crippen LogP contribution in [0.2, 0.25) is 0 Å². The number of hydrogen-bond acceptors (Lipinski definition) is 6. The molecule has 32 heavy (non-hydrogen) atoms. The van der Waals surface area contributed by atoms with Crippen molar-refractivity contribution in [3.05, 3.63) is 64.5 Å². The van der Waals surface area contributed by atoms with Crippen molar-refractivity contribution in [2.24, 2.45) is 0 Å². The summed E-state index contributed by atoms with van der Waals surface area (Å²) in [6.45, 7) is 5.96. The van der Waals surface area contributed by atoms with Crippen molar-refractivity contribution in [3.8, 4) is 22.6 Å². The number of aryl methyl sites for hydroxylation is 1. The SMILES string of the molecule is COC(=O)c1c(-c2ccc(OC)cc2)csc1NC(=O)COc1cc(C)ccc1C(C)C. The van der Waals surface area contributed by atoms with Gasteiger partial charge in [-0.05, 0) is 47.7 Å². The van der Waals surface area contributed by atoms with Crippen molar-refractivity contribution < 1.29 is 23.8 Å². The molecular weight excluding hydrogens is 426 g/mol. The van der Waals surface area contributed by atoms with Gasteiger partial charge < -0.3 is 19.5 Å². The topological polar surface area (TPSA) is 73.9 Å². The second-order valence-corrected chi connectivity index (χ2v) is 8.49. The zero-order chi connectivity index (χ0) is 23.3. The van der Waals surface area contributed by atoms with Gasteiger partial charge >= 0.3 is 5.97 Å². The van der Waals surface area contributed by atoms with E-state index in [4.69, 9.17) is 14.2 Å². The highest BCUT2D eigenvalue weighted by molar-refractivity contribution is 7.15. The van der Waals surface area contributed by atoms with Crippen LogP contribution in [0.25, 0.3) is 11.1 Å². The Hall–Kier alpha value is -3.32. The first kappa shape index (κ1) is 23.3. The van der Waals surface area contributed by atoms with Crippen LogP contribution in [-0.4, -0.2) is 32.7 Å². The molecule has 0 aliphatic rings. The van der Waals surface area contributed by atoms with Crippen LogP contribution < -0.4 is 14.8 Å². The van der Waals surface area contributed by atoms with Gasteiger partial charge in [-0.2, -0.15) is 0 Å². The fourth-order valence-electron chi connectivity index (χ4n) is 3.29. The Morgan fingerprint density at radius 2 is 1.78 bits per heavy atom. The molecule has 0 fully saturated rings. The third-order valence-corrected chi connectivity index (χ3v) is 5.88. The number of rotatable bonds is 8. The maximum atomic E-state index is 12.6. The molecule has 0 atom stereocenters. The van der Waals surface area contributed by atoms with E-state index in [-0.39, 0.29) is 18.4 Å². The van der Waals surface area contributed by atoms with E-state index in [0.717, 1.165) is 16.7 Å². The molecular formula is C25H27NO5S. The summed E-state index contributed by atoms with van der Waals surface area (Å²) in [4.78, 5) is 25.2. The van der Waals surface area contributed by atoms with E-state index in [9.17, 15) is 9.59 Å². The summed E-state index contributed by atoms with van der Waals surface area (Å²) in [5, 5.41) is 5.04. The molecule has 0 aliphatic carbocycles. The number of hydrogen-bond donors (Lipinski definition) is 1. The van der Waals surface area contributed by atoms with Gasteiger partial charge in [0.05, 0.1) is 14.2 Å². The van der Waals surface area contributed by atoms with E-state index in [2.05, 4.69) is 19.2 Å². The van der Waals surface area contributed by atoms with Gasteiger partial charge in [-0.3, -0.25) is 4.79 Å². The number of methoxy groups -OCH3 is 2. The Labute approximate surface area is 192 Å². The smallest absolute Gasteiger partial charge is 0.341 e. The van der Waals surface area contributed by atoms with Gasteiger partial charge in [0.2, 0.25) is 0 Å². The van der Waals surface area contributed by atoms with Crippen LogP contribution >= 0.6 is 11.3 Å². The summed E-state index contributed by atoms with van der Waals surface area (Å²) in [5.41, 5.74) is 3.91. The number of nitrogens with one attached hydrogen (secondary N) is 1. The van der Waals surface area contributed by atoms with E-state index in [1.165, 1.54) is 18.4 Å². The monoisotopic (exact) mass is 453 g/mol.